The summed E-state index contributed by atoms with van der Waals surface area (Å²) in [5.41, 5.74) is 0. The molecule has 90 valence electrons. The number of amides is 1. The lowest BCUT2D eigenvalue weighted by Gasteiger charge is -2.24. The predicted molar refractivity (Wildman–Crippen MR) is 58.6 cm³/mol. The summed E-state index contributed by atoms with van der Waals surface area (Å²) < 4.78 is 10.2. The predicted octanol–water partition coefficient (Wildman–Crippen LogP) is 0.133. The first-order valence-electron chi connectivity index (χ1n) is 5.82. The molecule has 0 aliphatic carbocycles. The second kappa shape index (κ2) is 5.75. The highest BCUT2D eigenvalue weighted by molar-refractivity contribution is 5.91. The Balaban J connectivity index is 1.72. The van der Waals surface area contributed by atoms with E-state index in [1.807, 2.05) is 0 Å². The fourth-order valence-electron chi connectivity index (χ4n) is 1.89. The minimum absolute atomic E-state index is 0.188. The molecule has 2 N–H and O–H groups in total. The van der Waals surface area contributed by atoms with Crippen molar-refractivity contribution in [2.75, 3.05) is 26.3 Å². The molecule has 5 nitrogen and oxygen atoms in total. The summed E-state index contributed by atoms with van der Waals surface area (Å²) in [6.07, 6.45) is 4.96. The summed E-state index contributed by atoms with van der Waals surface area (Å²) in [6.45, 7) is 2.66. The maximum atomic E-state index is 11.6. The van der Waals surface area contributed by atoms with E-state index in [1.165, 1.54) is 19.1 Å². The Morgan fingerprint density at radius 2 is 2.44 bits per heavy atom. The van der Waals surface area contributed by atoms with E-state index in [0.717, 1.165) is 13.0 Å². The number of carbonyl (C=O) groups excluding carboxylic acids is 1. The molecule has 0 aromatic carbocycles. The van der Waals surface area contributed by atoms with Gasteiger partial charge in [0, 0.05) is 12.6 Å². The lowest BCUT2D eigenvalue weighted by atomic mass is 10.1. The average molecular weight is 226 g/mol. The van der Waals surface area contributed by atoms with Gasteiger partial charge in [-0.15, -0.1) is 0 Å². The van der Waals surface area contributed by atoms with Crippen molar-refractivity contribution in [2.45, 2.75) is 25.3 Å². The van der Waals surface area contributed by atoms with E-state index in [1.54, 1.807) is 0 Å². The molecule has 0 saturated carbocycles. The van der Waals surface area contributed by atoms with Crippen molar-refractivity contribution < 1.29 is 14.3 Å². The molecule has 2 heterocycles. The Bertz CT molecular complexity index is 272. The highest BCUT2D eigenvalue weighted by Gasteiger charge is 2.17. The quantitative estimate of drug-likeness (QED) is 0.718. The molecule has 1 unspecified atom stereocenters. The minimum Gasteiger partial charge on any atom is -0.494 e. The zero-order valence-electron chi connectivity index (χ0n) is 9.33. The number of carbonyl (C=O) groups is 1. The zero-order valence-corrected chi connectivity index (χ0v) is 9.33. The summed E-state index contributed by atoms with van der Waals surface area (Å²) >= 11 is 0. The van der Waals surface area contributed by atoms with Gasteiger partial charge in [-0.1, -0.05) is 6.42 Å². The monoisotopic (exact) mass is 226 g/mol. The molecule has 1 saturated heterocycles. The summed E-state index contributed by atoms with van der Waals surface area (Å²) in [6, 6.07) is 0.391. The Morgan fingerprint density at radius 1 is 1.50 bits per heavy atom. The third-order valence-electron chi connectivity index (χ3n) is 2.79. The Morgan fingerprint density at radius 3 is 3.12 bits per heavy atom. The van der Waals surface area contributed by atoms with E-state index in [4.69, 9.17) is 9.47 Å². The topological polar surface area (TPSA) is 59.6 Å². The number of hydrogen-bond donors (Lipinski definition) is 2. The fourth-order valence-corrected chi connectivity index (χ4v) is 1.89. The van der Waals surface area contributed by atoms with Crippen LogP contribution in [0.1, 0.15) is 19.3 Å². The van der Waals surface area contributed by atoms with E-state index in [2.05, 4.69) is 10.6 Å². The van der Waals surface area contributed by atoms with Gasteiger partial charge in [0.1, 0.15) is 19.5 Å². The van der Waals surface area contributed by atoms with Crippen LogP contribution in [-0.2, 0) is 14.3 Å². The summed E-state index contributed by atoms with van der Waals surface area (Å²) in [5.74, 6) is 0.0918. The van der Waals surface area contributed by atoms with Crippen molar-refractivity contribution in [2.24, 2.45) is 0 Å². The van der Waals surface area contributed by atoms with Crippen LogP contribution in [0.2, 0.25) is 0 Å². The van der Waals surface area contributed by atoms with Gasteiger partial charge in [-0.2, -0.15) is 0 Å². The summed E-state index contributed by atoms with van der Waals surface area (Å²) in [5, 5.41) is 6.22. The van der Waals surface area contributed by atoms with Crippen molar-refractivity contribution in [3.63, 3.8) is 0 Å². The fraction of sp³-hybridized carbons (Fsp3) is 0.727. The van der Waals surface area contributed by atoms with Crippen LogP contribution in [0.3, 0.4) is 0 Å². The molecule has 2 aliphatic heterocycles. The van der Waals surface area contributed by atoms with Gasteiger partial charge in [-0.3, -0.25) is 4.79 Å². The van der Waals surface area contributed by atoms with Crippen LogP contribution in [0.4, 0.5) is 0 Å². The number of hydrogen-bond acceptors (Lipinski definition) is 4. The molecule has 1 fully saturated rings. The molecule has 0 aromatic rings. The van der Waals surface area contributed by atoms with Crippen molar-refractivity contribution in [3.05, 3.63) is 12.0 Å². The van der Waals surface area contributed by atoms with Crippen molar-refractivity contribution in [1.82, 2.24) is 10.6 Å². The van der Waals surface area contributed by atoms with Gasteiger partial charge in [0.05, 0.1) is 0 Å². The van der Waals surface area contributed by atoms with Crippen LogP contribution in [-0.4, -0.2) is 38.3 Å². The number of nitrogens with one attached hydrogen (secondary N) is 2. The van der Waals surface area contributed by atoms with E-state index < -0.39 is 0 Å². The van der Waals surface area contributed by atoms with E-state index in [0.29, 0.717) is 25.8 Å². The Labute approximate surface area is 95.2 Å². The smallest absolute Gasteiger partial charge is 0.289 e. The van der Waals surface area contributed by atoms with Gasteiger partial charge in [0.2, 0.25) is 5.76 Å². The van der Waals surface area contributed by atoms with Gasteiger partial charge < -0.3 is 20.1 Å². The molecule has 1 amide bonds. The highest BCUT2D eigenvalue weighted by Crippen LogP contribution is 2.07. The molecule has 0 spiro atoms. The van der Waals surface area contributed by atoms with Gasteiger partial charge in [0.25, 0.3) is 5.91 Å². The second-order valence-electron chi connectivity index (χ2n) is 4.06. The molecule has 5 heteroatoms. The van der Waals surface area contributed by atoms with Crippen LogP contribution in [0.25, 0.3) is 0 Å². The number of piperidine rings is 1. The van der Waals surface area contributed by atoms with E-state index in [-0.39, 0.29) is 11.7 Å². The molecular formula is C11H18N2O3. The van der Waals surface area contributed by atoms with Crippen molar-refractivity contribution >= 4 is 5.91 Å². The Hall–Kier alpha value is -1.23. The maximum absolute atomic E-state index is 11.6. The molecule has 2 rings (SSSR count). The molecule has 0 bridgehead atoms. The Kier molecular flexibility index (Phi) is 4.04. The first-order valence-corrected chi connectivity index (χ1v) is 5.82. The molecule has 0 aromatic heterocycles. The lowest BCUT2D eigenvalue weighted by molar-refractivity contribution is -0.122. The van der Waals surface area contributed by atoms with Gasteiger partial charge in [0.15, 0.2) is 0 Å². The average Bonchev–Trinajstić information content (AvgIpc) is 2.38. The lowest BCUT2D eigenvalue weighted by Crippen LogP contribution is -2.44. The van der Waals surface area contributed by atoms with E-state index in [9.17, 15) is 4.79 Å². The van der Waals surface area contributed by atoms with Crippen LogP contribution < -0.4 is 10.6 Å². The first kappa shape index (κ1) is 11.3. The van der Waals surface area contributed by atoms with Crippen LogP contribution in [0, 0.1) is 0 Å². The molecule has 2 aliphatic rings. The minimum atomic E-state index is -0.188. The van der Waals surface area contributed by atoms with Gasteiger partial charge in [-0.05, 0) is 19.4 Å². The zero-order chi connectivity index (χ0) is 11.2. The van der Waals surface area contributed by atoms with Crippen molar-refractivity contribution in [3.8, 4) is 0 Å². The molecular weight excluding hydrogens is 208 g/mol. The SMILES string of the molecule is O=C(NCC1CCCCN1)C1=COCCO1. The standard InChI is InChI=1S/C11H18N2O3/c14-11(10-8-15-5-6-16-10)13-7-9-3-1-2-4-12-9/h8-9,12H,1-7H2,(H,13,14). The van der Waals surface area contributed by atoms with Gasteiger partial charge >= 0.3 is 0 Å². The number of rotatable bonds is 3. The van der Waals surface area contributed by atoms with Crippen molar-refractivity contribution in [1.29, 1.82) is 0 Å². The van der Waals surface area contributed by atoms with E-state index >= 15 is 0 Å². The highest BCUT2D eigenvalue weighted by atomic mass is 16.6. The van der Waals surface area contributed by atoms with Crippen LogP contribution in [0.5, 0.6) is 0 Å². The first-order chi connectivity index (χ1) is 7.86. The third kappa shape index (κ3) is 3.13. The number of ether oxygens (including phenoxy) is 2. The maximum Gasteiger partial charge on any atom is 0.289 e. The second-order valence-corrected chi connectivity index (χ2v) is 4.06. The molecule has 16 heavy (non-hydrogen) atoms. The molecule has 1 atom stereocenters. The largest absolute Gasteiger partial charge is 0.494 e. The van der Waals surface area contributed by atoms with Crippen LogP contribution >= 0.6 is 0 Å². The summed E-state index contributed by atoms with van der Waals surface area (Å²) in [7, 11) is 0. The summed E-state index contributed by atoms with van der Waals surface area (Å²) in [4.78, 5) is 11.6. The normalized spacial score (nSPS) is 25.0. The molecule has 0 radical (unpaired) electrons. The third-order valence-corrected chi connectivity index (χ3v) is 2.79. The van der Waals surface area contributed by atoms with Gasteiger partial charge in [-0.25, -0.2) is 0 Å². The van der Waals surface area contributed by atoms with Crippen LogP contribution in [0.15, 0.2) is 12.0 Å².